The molecule has 6 nitrogen and oxygen atoms in total. The van der Waals surface area contributed by atoms with Crippen LogP contribution in [0.3, 0.4) is 0 Å². The Kier molecular flexibility index (Phi) is 4.63. The maximum atomic E-state index is 12.3. The lowest BCUT2D eigenvalue weighted by atomic mass is 10.1. The van der Waals surface area contributed by atoms with Gasteiger partial charge in [-0.05, 0) is 30.7 Å². The molecule has 1 atom stereocenters. The minimum absolute atomic E-state index is 0.0510. The number of halogens is 1. The first kappa shape index (κ1) is 16.9. The molecule has 3 rings (SSSR count). The first-order valence-electron chi connectivity index (χ1n) is 7.39. The molecule has 1 aliphatic rings. The Morgan fingerprint density at radius 3 is 2.60 bits per heavy atom. The van der Waals surface area contributed by atoms with E-state index in [1.54, 1.807) is 49.4 Å². The molecular formula is C18H14ClNO5. The maximum Gasteiger partial charge on any atom is 0.355 e. The van der Waals surface area contributed by atoms with Gasteiger partial charge in [-0.2, -0.15) is 0 Å². The van der Waals surface area contributed by atoms with Crippen molar-refractivity contribution in [3.8, 4) is 5.75 Å². The Bertz CT molecular complexity index is 877. The molecule has 128 valence electrons. The summed E-state index contributed by atoms with van der Waals surface area (Å²) < 4.78 is 10.3. The summed E-state index contributed by atoms with van der Waals surface area (Å²) in [4.78, 5) is 24.1. The van der Waals surface area contributed by atoms with Crippen molar-refractivity contribution in [2.45, 2.75) is 13.2 Å². The number of hydrogen-bond donors (Lipinski definition) is 2. The minimum Gasteiger partial charge on any atom is -0.506 e. The number of ether oxygens (including phenoxy) is 2. The number of para-hydroxylation sites is 2. The highest BCUT2D eigenvalue weighted by Gasteiger charge is 2.37. The number of benzene rings is 2. The van der Waals surface area contributed by atoms with Gasteiger partial charge in [-0.1, -0.05) is 41.9 Å². The van der Waals surface area contributed by atoms with Gasteiger partial charge in [0, 0.05) is 0 Å². The zero-order valence-electron chi connectivity index (χ0n) is 13.2. The summed E-state index contributed by atoms with van der Waals surface area (Å²) in [6.45, 7) is 1.77. The normalized spacial score (nSPS) is 16.6. The average Bonchev–Trinajstić information content (AvgIpc) is 2.84. The van der Waals surface area contributed by atoms with E-state index in [1.807, 2.05) is 0 Å². The molecule has 0 aliphatic carbocycles. The molecule has 25 heavy (non-hydrogen) atoms. The highest BCUT2D eigenvalue weighted by Crippen LogP contribution is 2.31. The summed E-state index contributed by atoms with van der Waals surface area (Å²) in [6, 6.07) is 13.2. The minimum atomic E-state index is -1.33. The molecule has 0 radical (unpaired) electrons. The Labute approximate surface area is 148 Å². The third kappa shape index (κ3) is 3.44. The van der Waals surface area contributed by atoms with E-state index in [1.165, 1.54) is 6.07 Å². The zero-order valence-corrected chi connectivity index (χ0v) is 13.9. The quantitative estimate of drug-likeness (QED) is 0.643. The number of cyclic esters (lactones) is 1. The molecule has 2 aromatic rings. The number of rotatable bonds is 4. The van der Waals surface area contributed by atoms with Gasteiger partial charge in [0.2, 0.25) is 0 Å². The average molecular weight is 360 g/mol. The van der Waals surface area contributed by atoms with Gasteiger partial charge in [0.05, 0.1) is 11.3 Å². The second-order valence-electron chi connectivity index (χ2n) is 5.33. The number of carbonyl (C=O) groups excluding carboxylic acids is 2. The fraction of sp³-hybridized carbons (Fsp3) is 0.111. The van der Waals surface area contributed by atoms with Gasteiger partial charge in [0.25, 0.3) is 6.29 Å². The largest absolute Gasteiger partial charge is 0.506 e. The molecule has 0 aromatic heterocycles. The fourth-order valence-electron chi connectivity index (χ4n) is 2.31. The van der Waals surface area contributed by atoms with Crippen LogP contribution in [0.5, 0.6) is 5.75 Å². The van der Waals surface area contributed by atoms with Crippen molar-refractivity contribution in [1.29, 1.82) is 0 Å². The van der Waals surface area contributed by atoms with Crippen molar-refractivity contribution in [3.05, 3.63) is 70.4 Å². The first-order valence-corrected chi connectivity index (χ1v) is 7.77. The number of nitrogens with one attached hydrogen (secondary N) is 1. The van der Waals surface area contributed by atoms with Crippen LogP contribution in [-0.4, -0.2) is 23.3 Å². The number of phenols is 1. The molecule has 0 spiro atoms. The van der Waals surface area contributed by atoms with Crippen LogP contribution in [0.1, 0.15) is 15.9 Å². The number of aromatic hydroxyl groups is 1. The van der Waals surface area contributed by atoms with Crippen LogP contribution in [0.15, 0.2) is 59.3 Å². The summed E-state index contributed by atoms with van der Waals surface area (Å²) in [7, 11) is 0. The molecule has 0 fully saturated rings. The molecule has 1 heterocycles. The van der Waals surface area contributed by atoms with Gasteiger partial charge >= 0.3 is 11.9 Å². The van der Waals surface area contributed by atoms with Crippen molar-refractivity contribution in [1.82, 2.24) is 0 Å². The van der Waals surface area contributed by atoms with Crippen LogP contribution < -0.4 is 5.32 Å². The molecule has 7 heteroatoms. The van der Waals surface area contributed by atoms with E-state index in [2.05, 4.69) is 5.32 Å². The number of carbonyl (C=O) groups is 2. The van der Waals surface area contributed by atoms with Gasteiger partial charge < -0.3 is 19.9 Å². The molecule has 0 saturated carbocycles. The van der Waals surface area contributed by atoms with Crippen LogP contribution in [0, 0.1) is 6.92 Å². The smallest absolute Gasteiger partial charge is 0.355 e. The lowest BCUT2D eigenvalue weighted by Crippen LogP contribution is -2.24. The van der Waals surface area contributed by atoms with Gasteiger partial charge in [0.1, 0.15) is 11.4 Å². The van der Waals surface area contributed by atoms with Crippen LogP contribution in [0.2, 0.25) is 0 Å². The number of anilines is 1. The van der Waals surface area contributed by atoms with E-state index in [-0.39, 0.29) is 16.5 Å². The second kappa shape index (κ2) is 6.86. The Morgan fingerprint density at radius 2 is 1.88 bits per heavy atom. The van der Waals surface area contributed by atoms with Gasteiger partial charge in [-0.15, -0.1) is 0 Å². The highest BCUT2D eigenvalue weighted by atomic mass is 35.5. The molecule has 0 amide bonds. The third-order valence-electron chi connectivity index (χ3n) is 3.62. The summed E-state index contributed by atoms with van der Waals surface area (Å²) >= 11 is 5.96. The Balaban J connectivity index is 1.84. The van der Waals surface area contributed by atoms with Crippen molar-refractivity contribution in [3.63, 3.8) is 0 Å². The van der Waals surface area contributed by atoms with E-state index in [4.69, 9.17) is 21.1 Å². The van der Waals surface area contributed by atoms with Crippen molar-refractivity contribution >= 4 is 29.2 Å². The van der Waals surface area contributed by atoms with Crippen molar-refractivity contribution in [2.24, 2.45) is 0 Å². The van der Waals surface area contributed by atoms with Crippen LogP contribution >= 0.6 is 11.6 Å². The number of hydrogen-bond acceptors (Lipinski definition) is 6. The van der Waals surface area contributed by atoms with E-state index in [0.29, 0.717) is 11.3 Å². The first-order chi connectivity index (χ1) is 12.0. The van der Waals surface area contributed by atoms with Crippen LogP contribution in [0.4, 0.5) is 5.69 Å². The van der Waals surface area contributed by atoms with Gasteiger partial charge in [-0.25, -0.2) is 9.59 Å². The van der Waals surface area contributed by atoms with Gasteiger partial charge in [-0.3, -0.25) is 0 Å². The summed E-state index contributed by atoms with van der Waals surface area (Å²) in [5.41, 5.74) is 1.42. The lowest BCUT2D eigenvalue weighted by Gasteiger charge is -2.17. The summed E-state index contributed by atoms with van der Waals surface area (Å²) in [5, 5.41) is 12.4. The van der Waals surface area contributed by atoms with Crippen molar-refractivity contribution in [2.75, 3.05) is 5.32 Å². The molecule has 2 aromatic carbocycles. The topological polar surface area (TPSA) is 84.9 Å². The predicted octanol–water partition coefficient (Wildman–Crippen LogP) is 3.30. The van der Waals surface area contributed by atoms with E-state index < -0.39 is 18.2 Å². The SMILES string of the molecule is Cc1ccccc1C(=O)O[C@@H]1OC(=O)C(Cl)=C1Nc1ccccc1O. The Hall–Kier alpha value is -2.99. The van der Waals surface area contributed by atoms with E-state index in [0.717, 1.165) is 5.56 Å². The number of esters is 2. The Morgan fingerprint density at radius 1 is 1.20 bits per heavy atom. The van der Waals surface area contributed by atoms with E-state index in [9.17, 15) is 14.7 Å². The van der Waals surface area contributed by atoms with Crippen LogP contribution in [-0.2, 0) is 14.3 Å². The lowest BCUT2D eigenvalue weighted by molar-refractivity contribution is -0.152. The fourth-order valence-corrected chi connectivity index (χ4v) is 2.49. The molecule has 0 saturated heterocycles. The summed E-state index contributed by atoms with van der Waals surface area (Å²) in [5.74, 6) is -1.52. The number of phenolic OH excluding ortho intramolecular Hbond substituents is 1. The van der Waals surface area contributed by atoms with Crippen molar-refractivity contribution < 1.29 is 24.2 Å². The third-order valence-corrected chi connectivity index (χ3v) is 3.98. The standard InChI is InChI=1S/C18H14ClNO5/c1-10-6-2-3-7-11(10)16(22)24-18-15(14(19)17(23)25-18)20-12-8-4-5-9-13(12)21/h2-9,18,20-21H,1H3/t18-/m1/s1. The number of aryl methyl sites for hydroxylation is 1. The molecule has 1 aliphatic heterocycles. The second-order valence-corrected chi connectivity index (χ2v) is 5.71. The van der Waals surface area contributed by atoms with Gasteiger partial charge in [0.15, 0.2) is 5.03 Å². The molecule has 2 N–H and O–H groups in total. The summed E-state index contributed by atoms with van der Waals surface area (Å²) in [6.07, 6.45) is -1.33. The zero-order chi connectivity index (χ0) is 18.0. The van der Waals surface area contributed by atoms with E-state index >= 15 is 0 Å². The molecule has 0 bridgehead atoms. The van der Waals surface area contributed by atoms with Crippen LogP contribution in [0.25, 0.3) is 0 Å². The highest BCUT2D eigenvalue weighted by molar-refractivity contribution is 6.42. The maximum absolute atomic E-state index is 12.3. The molecular weight excluding hydrogens is 346 g/mol. The monoisotopic (exact) mass is 359 g/mol. The molecule has 0 unspecified atom stereocenters. The predicted molar refractivity (Wildman–Crippen MR) is 91.1 cm³/mol.